The van der Waals surface area contributed by atoms with Gasteiger partial charge in [-0.15, -0.1) is 11.3 Å². The summed E-state index contributed by atoms with van der Waals surface area (Å²) in [7, 11) is 0. The Labute approximate surface area is 323 Å². The number of nitrogens with zero attached hydrogens (tertiary/aromatic N) is 4. The minimum Gasteiger partial charge on any atom is -0.228 e. The van der Waals surface area contributed by atoms with Gasteiger partial charge < -0.3 is 0 Å². The van der Waals surface area contributed by atoms with Crippen LogP contribution in [0.4, 0.5) is 0 Å². The van der Waals surface area contributed by atoms with Crippen molar-refractivity contribution in [2.45, 2.75) is 12.8 Å². The number of benzene rings is 6. The second kappa shape index (κ2) is 14.2. The average molecular weight is 723 g/mol. The molecule has 1 aliphatic rings. The van der Waals surface area contributed by atoms with E-state index in [0.717, 1.165) is 74.8 Å². The van der Waals surface area contributed by atoms with Gasteiger partial charge in [-0.05, 0) is 54.3 Å². The van der Waals surface area contributed by atoms with E-state index in [2.05, 4.69) is 140 Å². The molecule has 0 amide bonds. The Morgan fingerprint density at radius 3 is 1.53 bits per heavy atom. The van der Waals surface area contributed by atoms with Crippen molar-refractivity contribution in [3.63, 3.8) is 0 Å². The molecular formula is C50H34N4S. The minimum atomic E-state index is 0.715. The molecule has 0 saturated carbocycles. The number of hydrogen-bond acceptors (Lipinski definition) is 5. The van der Waals surface area contributed by atoms with Crippen molar-refractivity contribution in [2.75, 3.05) is 0 Å². The first kappa shape index (κ1) is 32.8. The van der Waals surface area contributed by atoms with Gasteiger partial charge in [0.25, 0.3) is 0 Å². The summed E-state index contributed by atoms with van der Waals surface area (Å²) in [4.78, 5) is 20.3. The van der Waals surface area contributed by atoms with Crippen molar-refractivity contribution in [3.05, 3.63) is 188 Å². The highest BCUT2D eigenvalue weighted by molar-refractivity contribution is 7.25. The summed E-state index contributed by atoms with van der Waals surface area (Å²) in [6.45, 7) is 0. The molecule has 260 valence electrons. The Morgan fingerprint density at radius 2 is 0.873 bits per heavy atom. The van der Waals surface area contributed by atoms with Gasteiger partial charge in [0.1, 0.15) is 0 Å². The molecule has 0 N–H and O–H groups in total. The Morgan fingerprint density at radius 1 is 0.364 bits per heavy atom. The third-order valence-corrected chi connectivity index (χ3v) is 11.3. The van der Waals surface area contributed by atoms with Gasteiger partial charge in [-0.3, -0.25) is 0 Å². The zero-order valence-corrected chi connectivity index (χ0v) is 30.7. The summed E-state index contributed by atoms with van der Waals surface area (Å²) >= 11 is 1.81. The molecule has 6 aromatic carbocycles. The van der Waals surface area contributed by atoms with E-state index >= 15 is 0 Å². The van der Waals surface area contributed by atoms with Gasteiger partial charge in [0.2, 0.25) is 0 Å². The van der Waals surface area contributed by atoms with Crippen LogP contribution in [0.2, 0.25) is 0 Å². The lowest BCUT2D eigenvalue weighted by atomic mass is 10.0. The highest BCUT2D eigenvalue weighted by Gasteiger charge is 2.16. The Kier molecular flexibility index (Phi) is 8.47. The van der Waals surface area contributed by atoms with Crippen LogP contribution in [0, 0.1) is 0 Å². The molecule has 0 unspecified atom stereocenters. The molecule has 0 bridgehead atoms. The van der Waals surface area contributed by atoms with Crippen LogP contribution in [0.15, 0.2) is 182 Å². The number of rotatable bonds is 7. The molecule has 0 radical (unpaired) electrons. The molecule has 1 aliphatic carbocycles. The molecular weight excluding hydrogens is 689 g/mol. The van der Waals surface area contributed by atoms with E-state index in [1.54, 1.807) is 0 Å². The van der Waals surface area contributed by atoms with E-state index in [0.29, 0.717) is 5.82 Å². The second-order valence-electron chi connectivity index (χ2n) is 13.8. The smallest absolute Gasteiger partial charge is 0.160 e. The van der Waals surface area contributed by atoms with Crippen LogP contribution in [0.3, 0.4) is 0 Å². The van der Waals surface area contributed by atoms with Crippen molar-refractivity contribution in [2.24, 2.45) is 0 Å². The first-order valence-corrected chi connectivity index (χ1v) is 19.4. The van der Waals surface area contributed by atoms with Gasteiger partial charge in [0.05, 0.1) is 22.8 Å². The minimum absolute atomic E-state index is 0.715. The van der Waals surface area contributed by atoms with Crippen molar-refractivity contribution < 1.29 is 0 Å². The largest absolute Gasteiger partial charge is 0.228 e. The molecule has 5 heteroatoms. The van der Waals surface area contributed by atoms with Gasteiger partial charge in [0.15, 0.2) is 11.6 Å². The van der Waals surface area contributed by atoms with E-state index < -0.39 is 0 Å². The van der Waals surface area contributed by atoms with Crippen LogP contribution < -0.4 is 0 Å². The maximum Gasteiger partial charge on any atom is 0.160 e. The standard InChI is InChI=1S/C50H34N4S/c1-5-13-33(14-6-1)34-21-23-36(24-22-34)44-32-46(54-50(52-44)38-19-11-4-12-20-38)40-25-27-41-42-29-39(26-28-47(42)55-48(41)30-40)45-31-43(35-15-7-2-8-16-35)51-49(53-45)37-17-9-3-10-18-37/h1-3,5-11,13-32H,4,12H2. The lowest BCUT2D eigenvalue weighted by molar-refractivity contribution is 1.03. The fourth-order valence-electron chi connectivity index (χ4n) is 7.28. The van der Waals surface area contributed by atoms with Crippen LogP contribution >= 0.6 is 11.3 Å². The highest BCUT2D eigenvalue weighted by atomic mass is 32.1. The first-order chi connectivity index (χ1) is 27.2. The molecule has 10 rings (SSSR count). The average Bonchev–Trinajstić information content (AvgIpc) is 3.65. The zero-order chi connectivity index (χ0) is 36.6. The first-order valence-electron chi connectivity index (χ1n) is 18.6. The van der Waals surface area contributed by atoms with Crippen molar-refractivity contribution in [1.82, 2.24) is 19.9 Å². The molecule has 4 nitrogen and oxygen atoms in total. The number of fused-ring (bicyclic) bond motifs is 3. The summed E-state index contributed by atoms with van der Waals surface area (Å²) in [6.07, 6.45) is 8.65. The highest BCUT2D eigenvalue weighted by Crippen LogP contribution is 2.39. The van der Waals surface area contributed by atoms with Crippen LogP contribution in [0.1, 0.15) is 18.7 Å². The predicted octanol–water partition coefficient (Wildman–Crippen LogP) is 13.4. The van der Waals surface area contributed by atoms with Crippen molar-refractivity contribution in [3.8, 4) is 67.5 Å². The maximum atomic E-state index is 5.16. The van der Waals surface area contributed by atoms with Crippen LogP contribution in [0.5, 0.6) is 0 Å². The van der Waals surface area contributed by atoms with Gasteiger partial charge in [-0.2, -0.15) is 0 Å². The molecule has 9 aromatic rings. The summed E-state index contributed by atoms with van der Waals surface area (Å²) in [5.74, 6) is 1.47. The monoisotopic (exact) mass is 722 g/mol. The molecule has 0 spiro atoms. The molecule has 0 saturated heterocycles. The number of hydrogen-bond donors (Lipinski definition) is 0. The summed E-state index contributed by atoms with van der Waals surface area (Å²) in [5.41, 5.74) is 12.3. The van der Waals surface area contributed by atoms with Gasteiger partial charge in [0, 0.05) is 53.6 Å². The SMILES string of the molecule is C1=CC(c2nc(-c3ccc(-c4ccccc4)cc3)cc(-c3ccc4c(c3)sc3ccc(-c5cc(-c6ccccc6)nc(-c6ccccc6)n5)cc34)n2)=CCC1. The fraction of sp³-hybridized carbons (Fsp3) is 0.0400. The quantitative estimate of drug-likeness (QED) is 0.164. The predicted molar refractivity (Wildman–Crippen MR) is 229 cm³/mol. The lowest BCUT2D eigenvalue weighted by Gasteiger charge is -2.12. The van der Waals surface area contributed by atoms with E-state index in [-0.39, 0.29) is 0 Å². The van der Waals surface area contributed by atoms with E-state index in [4.69, 9.17) is 19.9 Å². The van der Waals surface area contributed by atoms with E-state index in [1.165, 1.54) is 31.3 Å². The Balaban J connectivity index is 1.05. The van der Waals surface area contributed by atoms with Crippen LogP contribution in [-0.4, -0.2) is 19.9 Å². The maximum absolute atomic E-state index is 5.16. The van der Waals surface area contributed by atoms with Crippen LogP contribution in [0.25, 0.3) is 93.3 Å². The molecule has 3 heterocycles. The molecule has 0 aliphatic heterocycles. The number of allylic oxidation sites excluding steroid dienone is 4. The number of aromatic nitrogens is 4. The summed E-state index contributed by atoms with van der Waals surface area (Å²) in [6, 6.07) is 57.3. The summed E-state index contributed by atoms with van der Waals surface area (Å²) in [5, 5.41) is 2.43. The molecule has 55 heavy (non-hydrogen) atoms. The van der Waals surface area contributed by atoms with Gasteiger partial charge >= 0.3 is 0 Å². The van der Waals surface area contributed by atoms with E-state index in [1.807, 2.05) is 53.8 Å². The molecule has 0 atom stereocenters. The topological polar surface area (TPSA) is 51.6 Å². The number of thiophene rings is 1. The zero-order valence-electron chi connectivity index (χ0n) is 29.9. The Hall–Kier alpha value is -6.82. The molecule has 3 aromatic heterocycles. The normalized spacial score (nSPS) is 12.6. The Bertz CT molecular complexity index is 2840. The second-order valence-corrected chi connectivity index (χ2v) is 14.8. The van der Waals surface area contributed by atoms with Crippen molar-refractivity contribution >= 4 is 37.1 Å². The van der Waals surface area contributed by atoms with Gasteiger partial charge in [-0.1, -0.05) is 152 Å². The summed E-state index contributed by atoms with van der Waals surface area (Å²) < 4.78 is 2.45. The third kappa shape index (κ3) is 6.56. The molecule has 0 fully saturated rings. The third-order valence-electron chi connectivity index (χ3n) is 10.2. The van der Waals surface area contributed by atoms with Gasteiger partial charge in [-0.25, -0.2) is 19.9 Å². The van der Waals surface area contributed by atoms with E-state index in [9.17, 15) is 0 Å². The lowest BCUT2D eigenvalue weighted by Crippen LogP contribution is -1.99. The van der Waals surface area contributed by atoms with Crippen LogP contribution in [-0.2, 0) is 0 Å². The fourth-order valence-corrected chi connectivity index (χ4v) is 8.41. The van der Waals surface area contributed by atoms with Crippen molar-refractivity contribution in [1.29, 1.82) is 0 Å².